The molecule has 35 heavy (non-hydrogen) atoms. The molecule has 0 bridgehead atoms. The van der Waals surface area contributed by atoms with Crippen LogP contribution >= 0.6 is 0 Å². The molecule has 1 fully saturated rings. The van der Waals surface area contributed by atoms with Gasteiger partial charge in [-0.25, -0.2) is 0 Å². The molecule has 4 rings (SSSR count). The maximum atomic E-state index is 13.4. The zero-order chi connectivity index (χ0) is 24.2. The maximum Gasteiger partial charge on any atom is 2.00 e. The quantitative estimate of drug-likeness (QED) is 0.375. The van der Waals surface area contributed by atoms with Gasteiger partial charge in [-0.2, -0.15) is 16.7 Å². The number of carbonyl (C=O) groups is 1. The summed E-state index contributed by atoms with van der Waals surface area (Å²) in [5, 5.41) is 16.0. The van der Waals surface area contributed by atoms with Gasteiger partial charge in [-0.15, -0.1) is 5.10 Å². The first-order chi connectivity index (χ1) is 16.4. The molecule has 0 aliphatic carbocycles. The van der Waals surface area contributed by atoms with Crippen LogP contribution in [0, 0.1) is 70.1 Å². The second-order valence-electron chi connectivity index (χ2n) is 8.78. The van der Waals surface area contributed by atoms with Gasteiger partial charge in [-0.05, 0) is 73.6 Å². The van der Waals surface area contributed by atoms with Gasteiger partial charge in [0.2, 0.25) is 0 Å². The molecular formula is C27H29N5O2U. The van der Waals surface area contributed by atoms with Gasteiger partial charge >= 0.3 is 37.1 Å². The van der Waals surface area contributed by atoms with E-state index in [9.17, 15) is 4.79 Å². The van der Waals surface area contributed by atoms with Gasteiger partial charge in [-0.3, -0.25) is 9.89 Å². The Morgan fingerprint density at radius 1 is 1.23 bits per heavy atom. The van der Waals surface area contributed by atoms with Crippen LogP contribution in [-0.4, -0.2) is 45.2 Å². The second kappa shape index (κ2) is 11.9. The largest absolute Gasteiger partial charge is 2.00 e. The van der Waals surface area contributed by atoms with E-state index in [1.165, 1.54) is 5.56 Å². The van der Waals surface area contributed by atoms with E-state index in [1.807, 2.05) is 55.1 Å². The van der Waals surface area contributed by atoms with Crippen molar-refractivity contribution in [2.24, 2.45) is 0 Å². The summed E-state index contributed by atoms with van der Waals surface area (Å²) in [7, 11) is 0. The van der Waals surface area contributed by atoms with E-state index in [2.05, 4.69) is 35.1 Å². The van der Waals surface area contributed by atoms with Crippen LogP contribution in [0.2, 0.25) is 0 Å². The topological polar surface area (TPSA) is 94.9 Å². The summed E-state index contributed by atoms with van der Waals surface area (Å²) < 4.78 is 5.54. The summed E-state index contributed by atoms with van der Waals surface area (Å²) in [6.45, 7) is 13.0. The van der Waals surface area contributed by atoms with Crippen LogP contribution in [0.1, 0.15) is 57.8 Å². The first-order valence-corrected chi connectivity index (χ1v) is 11.5. The van der Waals surface area contributed by atoms with Crippen molar-refractivity contribution in [1.82, 2.24) is 20.1 Å². The van der Waals surface area contributed by atoms with Gasteiger partial charge in [-0.1, -0.05) is 18.2 Å². The molecule has 2 heterocycles. The number of amides is 1. The van der Waals surface area contributed by atoms with Crippen molar-refractivity contribution >= 4 is 5.91 Å². The molecule has 2 aromatic carbocycles. The third-order valence-electron chi connectivity index (χ3n) is 6.41. The van der Waals surface area contributed by atoms with E-state index in [4.69, 9.17) is 10.00 Å². The minimum absolute atomic E-state index is 0. The van der Waals surface area contributed by atoms with Crippen LogP contribution in [0.25, 0.3) is 11.4 Å². The third kappa shape index (κ3) is 6.15. The molecule has 1 atom stereocenters. The molecule has 3 aromatic rings. The number of nitriles is 1. The van der Waals surface area contributed by atoms with Gasteiger partial charge in [0, 0.05) is 24.2 Å². The molecule has 1 saturated heterocycles. The standard InChI is InChI=1S/C27H29N5O2.U/c1-5-19(4)34-27-29-25(30-31-27)23-15-24(18(3)14-17(23)2)26(33)32-12-10-22(11-13-32)21-8-6-20(16-28)7-9-21;/h6-9,14-15,19,22H,1,4-5,10-13H2,2-3H3,(H,29,30,31);/q-2;+2. The minimum Gasteiger partial charge on any atom is -0.495 e. The summed E-state index contributed by atoms with van der Waals surface area (Å²) in [5.74, 6) is 0.981. The van der Waals surface area contributed by atoms with Gasteiger partial charge in [0.1, 0.15) is 0 Å². The molecule has 0 saturated carbocycles. The monoisotopic (exact) mass is 693 g/mol. The number of aromatic nitrogens is 3. The summed E-state index contributed by atoms with van der Waals surface area (Å²) >= 11 is 0. The fourth-order valence-electron chi connectivity index (χ4n) is 4.38. The Morgan fingerprint density at radius 2 is 1.91 bits per heavy atom. The number of benzene rings is 2. The van der Waals surface area contributed by atoms with Crippen LogP contribution in [0.3, 0.4) is 0 Å². The van der Waals surface area contributed by atoms with Crippen LogP contribution in [0.5, 0.6) is 6.01 Å². The van der Waals surface area contributed by atoms with Crippen LogP contribution in [0.4, 0.5) is 0 Å². The molecule has 1 aromatic heterocycles. The number of nitrogens with one attached hydrogen (secondary N) is 1. The van der Waals surface area contributed by atoms with Crippen LogP contribution in [-0.2, 0) is 0 Å². The first-order valence-electron chi connectivity index (χ1n) is 11.5. The Hall–Kier alpha value is -2.61. The average molecular weight is 694 g/mol. The number of carbonyl (C=O) groups excluding carboxylic acids is 1. The van der Waals surface area contributed by atoms with E-state index in [0.29, 0.717) is 42.4 Å². The number of aromatic amines is 1. The number of piperidine rings is 1. The molecule has 0 radical (unpaired) electrons. The SMILES string of the molecule is [CH2-]CC([CH2-])Oc1n[nH]c(-c2cc(C(=O)N3CCC(c4ccc(C#N)cc4)CC3)c(C)cc2C)n1.[U+2]. The molecule has 178 valence electrons. The predicted octanol–water partition coefficient (Wildman–Crippen LogP) is 4.79. The number of likely N-dealkylation sites (tertiary alicyclic amines) is 1. The Morgan fingerprint density at radius 3 is 2.54 bits per heavy atom. The number of rotatable bonds is 6. The van der Waals surface area contributed by atoms with Crippen LogP contribution in [0.15, 0.2) is 36.4 Å². The zero-order valence-corrected chi connectivity index (χ0v) is 24.3. The van der Waals surface area contributed by atoms with Crippen molar-refractivity contribution < 1.29 is 40.6 Å². The molecular weight excluding hydrogens is 664 g/mol. The molecule has 1 aliphatic rings. The smallest absolute Gasteiger partial charge is 0.495 e. The zero-order valence-electron chi connectivity index (χ0n) is 20.2. The van der Waals surface area contributed by atoms with Crippen molar-refractivity contribution in [2.75, 3.05) is 13.1 Å². The van der Waals surface area contributed by atoms with Gasteiger partial charge in [0.15, 0.2) is 5.82 Å². The normalized spacial score (nSPS) is 14.7. The number of hydrogen-bond donors (Lipinski definition) is 1. The van der Waals surface area contributed by atoms with Crippen molar-refractivity contribution in [2.45, 2.75) is 45.1 Å². The van der Waals surface area contributed by atoms with Gasteiger partial charge in [0.05, 0.1) is 11.6 Å². The Balaban J connectivity index is 0.00000342. The number of aryl methyl sites for hydroxylation is 2. The number of ether oxygens (including phenoxy) is 1. The Labute approximate surface area is 230 Å². The van der Waals surface area contributed by atoms with E-state index >= 15 is 0 Å². The van der Waals surface area contributed by atoms with E-state index in [1.54, 1.807) is 0 Å². The van der Waals surface area contributed by atoms with Crippen molar-refractivity contribution in [3.05, 3.63) is 78.1 Å². The van der Waals surface area contributed by atoms with E-state index in [-0.39, 0.29) is 49.1 Å². The molecule has 1 amide bonds. The third-order valence-corrected chi connectivity index (χ3v) is 6.41. The number of H-pyrrole nitrogens is 1. The summed E-state index contributed by atoms with van der Waals surface area (Å²) in [6, 6.07) is 14.1. The Bertz CT molecular complexity index is 1210. The summed E-state index contributed by atoms with van der Waals surface area (Å²) in [6.07, 6.45) is 1.98. The molecule has 0 spiro atoms. The molecule has 7 nitrogen and oxygen atoms in total. The fourth-order valence-corrected chi connectivity index (χ4v) is 4.38. The number of nitrogens with zero attached hydrogens (tertiary/aromatic N) is 4. The Kier molecular flexibility index (Phi) is 9.16. The fraction of sp³-hybridized carbons (Fsp3) is 0.333. The summed E-state index contributed by atoms with van der Waals surface area (Å²) in [5.41, 5.74) is 5.32. The molecule has 1 N–H and O–H groups in total. The van der Waals surface area contributed by atoms with Crippen molar-refractivity contribution in [3.63, 3.8) is 0 Å². The first kappa shape index (κ1) is 27.0. The second-order valence-corrected chi connectivity index (χ2v) is 8.78. The molecule has 8 heteroatoms. The maximum absolute atomic E-state index is 13.4. The van der Waals surface area contributed by atoms with E-state index in [0.717, 1.165) is 29.5 Å². The van der Waals surface area contributed by atoms with Crippen molar-refractivity contribution in [3.8, 4) is 23.5 Å². The molecule has 1 aliphatic heterocycles. The van der Waals surface area contributed by atoms with Crippen LogP contribution < -0.4 is 4.74 Å². The molecule has 1 unspecified atom stereocenters. The average Bonchev–Trinajstić information content (AvgIpc) is 3.31. The van der Waals surface area contributed by atoms with Gasteiger partial charge in [0.25, 0.3) is 5.91 Å². The van der Waals surface area contributed by atoms with E-state index < -0.39 is 0 Å². The number of hydrogen-bond acceptors (Lipinski definition) is 5. The van der Waals surface area contributed by atoms with Gasteiger partial charge < -0.3 is 23.5 Å². The predicted molar refractivity (Wildman–Crippen MR) is 130 cm³/mol. The summed E-state index contributed by atoms with van der Waals surface area (Å²) in [4.78, 5) is 19.8. The van der Waals surface area contributed by atoms with Crippen molar-refractivity contribution in [1.29, 1.82) is 5.26 Å². The minimum atomic E-state index is -0.327.